The van der Waals surface area contributed by atoms with Crippen molar-refractivity contribution >= 4 is 23.6 Å². The third-order valence-electron chi connectivity index (χ3n) is 2.57. The van der Waals surface area contributed by atoms with Gasteiger partial charge in [-0.1, -0.05) is 6.42 Å². The average Bonchev–Trinajstić information content (AvgIpc) is 2.15. The molecule has 4 nitrogen and oxygen atoms in total. The summed E-state index contributed by atoms with van der Waals surface area (Å²) in [5, 5.41) is 2.88. The summed E-state index contributed by atoms with van der Waals surface area (Å²) >= 11 is 1.30. The minimum absolute atomic E-state index is 0.0150. The van der Waals surface area contributed by atoms with Crippen LogP contribution < -0.4 is 5.32 Å². The van der Waals surface area contributed by atoms with Gasteiger partial charge in [0.1, 0.15) is 0 Å². The second kappa shape index (κ2) is 7.54. The first-order valence-corrected chi connectivity index (χ1v) is 6.88. The van der Waals surface area contributed by atoms with E-state index in [9.17, 15) is 9.59 Å². The van der Waals surface area contributed by atoms with Gasteiger partial charge < -0.3 is 10.1 Å². The first-order chi connectivity index (χ1) is 7.72. The van der Waals surface area contributed by atoms with Crippen molar-refractivity contribution in [2.75, 3.05) is 24.7 Å². The first kappa shape index (κ1) is 13.4. The van der Waals surface area contributed by atoms with E-state index in [1.54, 1.807) is 6.92 Å². The Kier molecular flexibility index (Phi) is 6.30. The van der Waals surface area contributed by atoms with Crippen molar-refractivity contribution in [3.63, 3.8) is 0 Å². The monoisotopic (exact) mass is 245 g/mol. The van der Waals surface area contributed by atoms with E-state index >= 15 is 0 Å². The molecule has 0 aromatic carbocycles. The van der Waals surface area contributed by atoms with Crippen LogP contribution in [0.5, 0.6) is 0 Å². The van der Waals surface area contributed by atoms with Gasteiger partial charge in [-0.25, -0.2) is 0 Å². The summed E-state index contributed by atoms with van der Waals surface area (Å²) < 4.78 is 4.76. The van der Waals surface area contributed by atoms with Gasteiger partial charge in [-0.3, -0.25) is 9.59 Å². The van der Waals surface area contributed by atoms with E-state index < -0.39 is 0 Å². The Labute approximate surface area is 100 Å². The maximum atomic E-state index is 11.3. The zero-order chi connectivity index (χ0) is 11.8. The standard InChI is InChI=1S/C11H19NO3S/c1-2-15-11(14)8-16-7-10(13)12-6-9-4-3-5-9/h9H,2-8H2,1H3,(H,12,13). The highest BCUT2D eigenvalue weighted by Crippen LogP contribution is 2.25. The molecule has 0 radical (unpaired) electrons. The SMILES string of the molecule is CCOC(=O)CSCC(=O)NCC1CCC1. The highest BCUT2D eigenvalue weighted by Gasteiger charge is 2.17. The van der Waals surface area contributed by atoms with E-state index in [4.69, 9.17) is 4.74 Å². The molecule has 0 unspecified atom stereocenters. The topological polar surface area (TPSA) is 55.4 Å². The first-order valence-electron chi connectivity index (χ1n) is 5.72. The number of thioether (sulfide) groups is 1. The molecule has 0 saturated heterocycles. The molecule has 0 aliphatic heterocycles. The molecular weight excluding hydrogens is 226 g/mol. The van der Waals surface area contributed by atoms with Crippen molar-refractivity contribution in [1.82, 2.24) is 5.32 Å². The Balaban J connectivity index is 1.94. The van der Waals surface area contributed by atoms with Crippen molar-refractivity contribution in [2.45, 2.75) is 26.2 Å². The molecule has 1 amide bonds. The van der Waals surface area contributed by atoms with Crippen molar-refractivity contribution in [3.05, 3.63) is 0 Å². The molecule has 0 aromatic rings. The number of hydrogen-bond acceptors (Lipinski definition) is 4. The third-order valence-corrected chi connectivity index (χ3v) is 3.48. The second-order valence-corrected chi connectivity index (χ2v) is 4.88. The lowest BCUT2D eigenvalue weighted by Gasteiger charge is -2.25. The molecule has 0 atom stereocenters. The fourth-order valence-corrected chi connectivity index (χ4v) is 2.08. The Morgan fingerprint density at radius 1 is 1.38 bits per heavy atom. The quantitative estimate of drug-likeness (QED) is 0.685. The number of amides is 1. The maximum absolute atomic E-state index is 11.3. The summed E-state index contributed by atoms with van der Waals surface area (Å²) in [5.74, 6) is 1.04. The van der Waals surface area contributed by atoms with E-state index in [-0.39, 0.29) is 17.6 Å². The average molecular weight is 245 g/mol. The van der Waals surface area contributed by atoms with E-state index in [0.29, 0.717) is 18.3 Å². The van der Waals surface area contributed by atoms with Crippen LogP contribution >= 0.6 is 11.8 Å². The van der Waals surface area contributed by atoms with Crippen LogP contribution in [0, 0.1) is 5.92 Å². The van der Waals surface area contributed by atoms with E-state index in [2.05, 4.69) is 5.32 Å². The number of nitrogens with one attached hydrogen (secondary N) is 1. The normalized spacial score (nSPS) is 15.3. The summed E-state index contributed by atoms with van der Waals surface area (Å²) in [4.78, 5) is 22.3. The van der Waals surface area contributed by atoms with Gasteiger partial charge in [0.15, 0.2) is 0 Å². The van der Waals surface area contributed by atoms with Gasteiger partial charge in [-0.2, -0.15) is 0 Å². The molecule has 16 heavy (non-hydrogen) atoms. The van der Waals surface area contributed by atoms with Crippen molar-refractivity contribution in [1.29, 1.82) is 0 Å². The molecule has 1 rings (SSSR count). The zero-order valence-electron chi connectivity index (χ0n) is 9.66. The molecule has 1 N–H and O–H groups in total. The van der Waals surface area contributed by atoms with Crippen LogP contribution in [-0.2, 0) is 14.3 Å². The maximum Gasteiger partial charge on any atom is 0.315 e. The highest BCUT2D eigenvalue weighted by atomic mass is 32.2. The molecule has 1 aliphatic rings. The predicted molar refractivity (Wildman–Crippen MR) is 64.3 cm³/mol. The van der Waals surface area contributed by atoms with Crippen LogP contribution in [0.3, 0.4) is 0 Å². The van der Waals surface area contributed by atoms with Crippen molar-refractivity contribution in [2.24, 2.45) is 5.92 Å². The van der Waals surface area contributed by atoms with Crippen LogP contribution in [-0.4, -0.2) is 36.5 Å². The number of carbonyl (C=O) groups is 2. The largest absolute Gasteiger partial charge is 0.465 e. The number of hydrogen-bond donors (Lipinski definition) is 1. The lowest BCUT2D eigenvalue weighted by molar-refractivity contribution is -0.139. The lowest BCUT2D eigenvalue weighted by atomic mass is 9.85. The minimum atomic E-state index is -0.251. The Hall–Kier alpha value is -0.710. The van der Waals surface area contributed by atoms with E-state index in [0.717, 1.165) is 6.54 Å². The summed E-state index contributed by atoms with van der Waals surface area (Å²) in [5.41, 5.74) is 0. The molecule has 5 heteroatoms. The Morgan fingerprint density at radius 3 is 2.69 bits per heavy atom. The fraction of sp³-hybridized carbons (Fsp3) is 0.818. The Morgan fingerprint density at radius 2 is 2.12 bits per heavy atom. The molecule has 0 aromatic heterocycles. The van der Waals surface area contributed by atoms with Gasteiger partial charge in [-0.05, 0) is 25.7 Å². The van der Waals surface area contributed by atoms with Crippen molar-refractivity contribution < 1.29 is 14.3 Å². The van der Waals surface area contributed by atoms with E-state index in [1.807, 2.05) is 0 Å². The molecule has 1 fully saturated rings. The van der Waals surface area contributed by atoms with Gasteiger partial charge in [0, 0.05) is 6.54 Å². The molecule has 1 saturated carbocycles. The molecule has 0 spiro atoms. The number of carbonyl (C=O) groups excluding carboxylic acids is 2. The van der Waals surface area contributed by atoms with E-state index in [1.165, 1.54) is 31.0 Å². The third kappa shape index (κ3) is 5.39. The van der Waals surface area contributed by atoms with Crippen LogP contribution in [0.2, 0.25) is 0 Å². The highest BCUT2D eigenvalue weighted by molar-refractivity contribution is 8.00. The predicted octanol–water partition coefficient (Wildman–Crippen LogP) is 1.20. The number of rotatable bonds is 7. The smallest absolute Gasteiger partial charge is 0.315 e. The lowest BCUT2D eigenvalue weighted by Crippen LogP contribution is -2.33. The Bertz CT molecular complexity index is 241. The van der Waals surface area contributed by atoms with Crippen LogP contribution in [0.25, 0.3) is 0 Å². The minimum Gasteiger partial charge on any atom is -0.465 e. The second-order valence-electron chi connectivity index (χ2n) is 3.90. The zero-order valence-corrected chi connectivity index (χ0v) is 10.5. The fourth-order valence-electron chi connectivity index (χ4n) is 1.44. The summed E-state index contributed by atoms with van der Waals surface area (Å²) in [7, 11) is 0. The molecular formula is C11H19NO3S. The number of ether oxygens (including phenoxy) is 1. The summed E-state index contributed by atoms with van der Waals surface area (Å²) in [6.07, 6.45) is 3.75. The van der Waals surface area contributed by atoms with Gasteiger partial charge >= 0.3 is 5.97 Å². The van der Waals surface area contributed by atoms with Crippen molar-refractivity contribution in [3.8, 4) is 0 Å². The molecule has 1 aliphatic carbocycles. The van der Waals surface area contributed by atoms with Gasteiger partial charge in [0.05, 0.1) is 18.1 Å². The molecule has 0 bridgehead atoms. The van der Waals surface area contributed by atoms with Gasteiger partial charge in [0.2, 0.25) is 5.91 Å². The van der Waals surface area contributed by atoms with Gasteiger partial charge in [-0.15, -0.1) is 11.8 Å². The molecule has 0 heterocycles. The molecule has 92 valence electrons. The van der Waals surface area contributed by atoms with Gasteiger partial charge in [0.25, 0.3) is 0 Å². The van der Waals surface area contributed by atoms with Crippen LogP contribution in [0.4, 0.5) is 0 Å². The summed E-state index contributed by atoms with van der Waals surface area (Å²) in [6.45, 7) is 2.96. The summed E-state index contributed by atoms with van der Waals surface area (Å²) in [6, 6.07) is 0. The van der Waals surface area contributed by atoms with Crippen LogP contribution in [0.15, 0.2) is 0 Å². The number of esters is 1. The van der Waals surface area contributed by atoms with Crippen LogP contribution in [0.1, 0.15) is 26.2 Å².